The molecule has 0 saturated carbocycles. The Morgan fingerprint density at radius 3 is 2.00 bits per heavy atom. The van der Waals surface area contributed by atoms with Crippen LogP contribution in [0, 0.1) is 0 Å². The highest BCUT2D eigenvalue weighted by atomic mass is 16.3. The second-order valence-electron chi connectivity index (χ2n) is 12.4. The maximum absolute atomic E-state index is 6.56. The Kier molecular flexibility index (Phi) is 6.15. The Labute approximate surface area is 282 Å². The second kappa shape index (κ2) is 11.0. The zero-order valence-electron chi connectivity index (χ0n) is 26.4. The van der Waals surface area contributed by atoms with E-state index in [0.29, 0.717) is 5.89 Å². The van der Waals surface area contributed by atoms with Crippen LogP contribution < -0.4 is 4.90 Å². The fraction of sp³-hybridized carbons (Fsp3) is 0. The molecule has 0 N–H and O–H groups in total. The zero-order valence-corrected chi connectivity index (χ0v) is 26.4. The summed E-state index contributed by atoms with van der Waals surface area (Å²) in [6.07, 6.45) is 0. The van der Waals surface area contributed by atoms with E-state index < -0.39 is 0 Å². The number of oxazole rings is 1. The molecule has 10 aromatic rings. The number of benzene rings is 8. The van der Waals surface area contributed by atoms with E-state index in [4.69, 9.17) is 13.8 Å². The topological polar surface area (TPSA) is 42.4 Å². The number of anilines is 3. The third-order valence-electron chi connectivity index (χ3n) is 9.49. The summed E-state index contributed by atoms with van der Waals surface area (Å²) in [4.78, 5) is 7.45. The van der Waals surface area contributed by atoms with Crippen molar-refractivity contribution in [2.75, 3.05) is 4.90 Å². The molecule has 0 atom stereocenters. The first-order chi connectivity index (χ1) is 24.3. The number of fused-ring (bicyclic) bond motifs is 8. The van der Waals surface area contributed by atoms with Crippen molar-refractivity contribution in [3.63, 3.8) is 0 Å². The molecule has 0 bridgehead atoms. The van der Waals surface area contributed by atoms with E-state index in [1.165, 1.54) is 10.8 Å². The highest BCUT2D eigenvalue weighted by molar-refractivity contribution is 6.18. The van der Waals surface area contributed by atoms with Crippen molar-refractivity contribution in [2.24, 2.45) is 0 Å². The molecule has 0 amide bonds. The van der Waals surface area contributed by atoms with Gasteiger partial charge in [-0.25, -0.2) is 4.98 Å². The fourth-order valence-corrected chi connectivity index (χ4v) is 7.16. The summed E-state index contributed by atoms with van der Waals surface area (Å²) < 4.78 is 12.8. The van der Waals surface area contributed by atoms with Gasteiger partial charge in [0.25, 0.3) is 0 Å². The Hall–Kier alpha value is -6.65. The first-order valence-corrected chi connectivity index (χ1v) is 16.5. The van der Waals surface area contributed by atoms with Gasteiger partial charge in [-0.2, -0.15) is 0 Å². The minimum absolute atomic E-state index is 0.586. The molecule has 4 nitrogen and oxygen atoms in total. The number of nitrogens with zero attached hydrogens (tertiary/aromatic N) is 2. The van der Waals surface area contributed by atoms with Gasteiger partial charge in [-0.3, -0.25) is 0 Å². The van der Waals surface area contributed by atoms with Crippen LogP contribution in [0.2, 0.25) is 0 Å². The first-order valence-electron chi connectivity index (χ1n) is 16.5. The SMILES string of the molecule is c1ccc(N(c2ccc(-c3ccc4c(c3)oc3ccccc34)cc2)c2ccccc2-c2nc3c(ccc4ccc5ccccc5c43)o2)cc1. The van der Waals surface area contributed by atoms with Crippen LogP contribution in [0.4, 0.5) is 17.1 Å². The van der Waals surface area contributed by atoms with E-state index in [1.807, 2.05) is 30.3 Å². The van der Waals surface area contributed by atoms with Crippen LogP contribution >= 0.6 is 0 Å². The van der Waals surface area contributed by atoms with Gasteiger partial charge in [0.05, 0.1) is 11.3 Å². The maximum atomic E-state index is 6.56. The normalized spacial score (nSPS) is 11.7. The molecule has 0 aliphatic rings. The van der Waals surface area contributed by atoms with Crippen molar-refractivity contribution in [2.45, 2.75) is 0 Å². The second-order valence-corrected chi connectivity index (χ2v) is 12.4. The summed E-state index contributed by atoms with van der Waals surface area (Å²) in [5, 5.41) is 6.87. The molecule has 8 aromatic carbocycles. The molecule has 0 radical (unpaired) electrons. The minimum atomic E-state index is 0.586. The lowest BCUT2D eigenvalue weighted by molar-refractivity contribution is 0.620. The Morgan fingerprint density at radius 2 is 1.10 bits per heavy atom. The average Bonchev–Trinajstić information content (AvgIpc) is 3.77. The molecular formula is C45H28N2O2. The number of furan rings is 1. The van der Waals surface area contributed by atoms with Crippen LogP contribution in [0.25, 0.3) is 77.2 Å². The van der Waals surface area contributed by atoms with Gasteiger partial charge in [-0.05, 0) is 87.9 Å². The summed E-state index contributed by atoms with van der Waals surface area (Å²) in [6, 6.07) is 59.1. The monoisotopic (exact) mass is 628 g/mol. The van der Waals surface area contributed by atoms with Crippen LogP contribution in [0.15, 0.2) is 179 Å². The molecule has 49 heavy (non-hydrogen) atoms. The third-order valence-corrected chi connectivity index (χ3v) is 9.49. The molecule has 0 unspecified atom stereocenters. The maximum Gasteiger partial charge on any atom is 0.229 e. The van der Waals surface area contributed by atoms with Crippen molar-refractivity contribution in [3.8, 4) is 22.6 Å². The molecule has 0 spiro atoms. The van der Waals surface area contributed by atoms with E-state index in [-0.39, 0.29) is 0 Å². The van der Waals surface area contributed by atoms with Gasteiger partial charge in [0.1, 0.15) is 16.7 Å². The van der Waals surface area contributed by atoms with Crippen LogP contribution in [0.1, 0.15) is 0 Å². The lowest BCUT2D eigenvalue weighted by Gasteiger charge is -2.27. The minimum Gasteiger partial charge on any atom is -0.456 e. The summed E-state index contributed by atoms with van der Waals surface area (Å²) >= 11 is 0. The fourth-order valence-electron chi connectivity index (χ4n) is 7.16. The van der Waals surface area contributed by atoms with E-state index in [2.05, 4.69) is 144 Å². The number of para-hydroxylation sites is 3. The molecule has 10 rings (SSSR count). The lowest BCUT2D eigenvalue weighted by atomic mass is 10.0. The Morgan fingerprint density at radius 1 is 0.429 bits per heavy atom. The molecule has 230 valence electrons. The molecule has 0 saturated heterocycles. The molecule has 0 aliphatic carbocycles. The van der Waals surface area contributed by atoms with Crippen molar-refractivity contribution in [3.05, 3.63) is 170 Å². The summed E-state index contributed by atoms with van der Waals surface area (Å²) in [5.41, 5.74) is 9.62. The van der Waals surface area contributed by atoms with Gasteiger partial charge in [-0.1, -0.05) is 109 Å². The zero-order chi connectivity index (χ0) is 32.3. The molecule has 4 heteroatoms. The van der Waals surface area contributed by atoms with Crippen molar-refractivity contribution in [1.82, 2.24) is 4.98 Å². The van der Waals surface area contributed by atoms with Crippen molar-refractivity contribution >= 4 is 71.6 Å². The van der Waals surface area contributed by atoms with Gasteiger partial charge in [0, 0.05) is 27.5 Å². The Balaban J connectivity index is 1.10. The predicted octanol–water partition coefficient (Wildman–Crippen LogP) is 12.8. The summed E-state index contributed by atoms with van der Waals surface area (Å²) in [5.74, 6) is 0.586. The largest absolute Gasteiger partial charge is 0.456 e. The quantitative estimate of drug-likeness (QED) is 0.178. The number of rotatable bonds is 5. The molecule has 0 aliphatic heterocycles. The van der Waals surface area contributed by atoms with Crippen LogP contribution in [0.5, 0.6) is 0 Å². The first kappa shape index (κ1) is 27.5. The standard InChI is InChI=1S/C45H28N2O2/c1-2-11-33(12-3-1)47(34-24-20-29(21-25-34)32-22-26-37-36-14-7-9-17-40(36)48-42(37)28-32)39-16-8-6-15-38(39)45-46-44-41(49-45)27-23-31-19-18-30-10-4-5-13-35(30)43(31)44/h1-28H. The number of hydrogen-bond acceptors (Lipinski definition) is 4. The third kappa shape index (κ3) is 4.49. The predicted molar refractivity (Wildman–Crippen MR) is 202 cm³/mol. The van der Waals surface area contributed by atoms with Gasteiger partial charge in [-0.15, -0.1) is 0 Å². The number of aromatic nitrogens is 1. The van der Waals surface area contributed by atoms with Crippen molar-refractivity contribution in [1.29, 1.82) is 0 Å². The Bertz CT molecular complexity index is 2830. The molecule has 0 fully saturated rings. The highest BCUT2D eigenvalue weighted by Gasteiger charge is 2.21. The van der Waals surface area contributed by atoms with Gasteiger partial charge < -0.3 is 13.7 Å². The average molecular weight is 629 g/mol. The van der Waals surface area contributed by atoms with Crippen LogP contribution in [-0.4, -0.2) is 4.98 Å². The smallest absolute Gasteiger partial charge is 0.229 e. The van der Waals surface area contributed by atoms with Gasteiger partial charge in [0.15, 0.2) is 5.58 Å². The van der Waals surface area contributed by atoms with Crippen molar-refractivity contribution < 1.29 is 8.83 Å². The van der Waals surface area contributed by atoms with E-state index >= 15 is 0 Å². The molecule has 2 aromatic heterocycles. The summed E-state index contributed by atoms with van der Waals surface area (Å²) in [6.45, 7) is 0. The number of hydrogen-bond donors (Lipinski definition) is 0. The van der Waals surface area contributed by atoms with E-state index in [9.17, 15) is 0 Å². The molecule has 2 heterocycles. The van der Waals surface area contributed by atoms with Crippen LogP contribution in [-0.2, 0) is 0 Å². The highest BCUT2D eigenvalue weighted by Crippen LogP contribution is 2.43. The lowest BCUT2D eigenvalue weighted by Crippen LogP contribution is -2.11. The van der Waals surface area contributed by atoms with E-state index in [0.717, 1.165) is 77.6 Å². The van der Waals surface area contributed by atoms with Gasteiger partial charge in [0.2, 0.25) is 5.89 Å². The van der Waals surface area contributed by atoms with Gasteiger partial charge >= 0.3 is 0 Å². The van der Waals surface area contributed by atoms with Crippen LogP contribution in [0.3, 0.4) is 0 Å². The summed E-state index contributed by atoms with van der Waals surface area (Å²) in [7, 11) is 0. The van der Waals surface area contributed by atoms with E-state index in [1.54, 1.807) is 0 Å². The molecular weight excluding hydrogens is 601 g/mol.